The van der Waals surface area contributed by atoms with Crippen molar-refractivity contribution in [3.8, 4) is 0 Å². The van der Waals surface area contributed by atoms with Crippen molar-refractivity contribution in [1.82, 2.24) is 9.80 Å². The van der Waals surface area contributed by atoms with E-state index >= 15 is 0 Å². The molecule has 1 saturated carbocycles. The first kappa shape index (κ1) is 20.3. The number of hydrogen-bond acceptors (Lipinski definition) is 6. The molecule has 1 aromatic carbocycles. The Bertz CT molecular complexity index is 823. The highest BCUT2D eigenvalue weighted by atomic mass is 16.6. The summed E-state index contributed by atoms with van der Waals surface area (Å²) in [6, 6.07) is 6.41. The zero-order chi connectivity index (χ0) is 21.3. The van der Waals surface area contributed by atoms with E-state index in [2.05, 4.69) is 4.90 Å². The number of nitro benzene ring substituents is 1. The van der Waals surface area contributed by atoms with E-state index in [4.69, 9.17) is 0 Å². The number of anilines is 1. The fourth-order valence-corrected chi connectivity index (χ4v) is 4.82. The van der Waals surface area contributed by atoms with Gasteiger partial charge in [-0.3, -0.25) is 29.4 Å². The first-order valence-electron chi connectivity index (χ1n) is 10.6. The number of non-ortho nitro benzene ring substituents is 1. The van der Waals surface area contributed by atoms with E-state index in [0.717, 1.165) is 31.4 Å². The molecule has 0 spiro atoms. The molecule has 9 heteroatoms. The smallest absolute Gasteiger partial charge is 0.269 e. The normalized spacial score (nSPS) is 24.2. The van der Waals surface area contributed by atoms with Gasteiger partial charge in [0.05, 0.1) is 16.8 Å². The van der Waals surface area contributed by atoms with Crippen LogP contribution >= 0.6 is 0 Å². The van der Waals surface area contributed by atoms with Crippen LogP contribution in [0.4, 0.5) is 11.4 Å². The molecule has 0 unspecified atom stereocenters. The summed E-state index contributed by atoms with van der Waals surface area (Å²) in [7, 11) is 0. The van der Waals surface area contributed by atoms with Gasteiger partial charge in [-0.1, -0.05) is 12.8 Å². The molecule has 0 aromatic heterocycles. The fraction of sp³-hybridized carbons (Fsp3) is 0.571. The van der Waals surface area contributed by atoms with E-state index in [1.165, 1.54) is 17.0 Å². The maximum atomic E-state index is 12.6. The quantitative estimate of drug-likeness (QED) is 0.413. The number of nitrogens with zero attached hydrogens (tertiary/aromatic N) is 4. The second kappa shape index (κ2) is 8.41. The SMILES string of the molecule is O=C(CCN1C(=O)[C@@H]2CCCC[C@H]2C1=O)N1CCN(c2ccc([N+](=O)[O-])cc2)CC1. The number of piperazine rings is 1. The Morgan fingerprint density at radius 2 is 1.53 bits per heavy atom. The Morgan fingerprint density at radius 3 is 2.07 bits per heavy atom. The van der Waals surface area contributed by atoms with E-state index in [1.54, 1.807) is 17.0 Å². The van der Waals surface area contributed by atoms with E-state index < -0.39 is 4.92 Å². The predicted molar refractivity (Wildman–Crippen MR) is 109 cm³/mol. The number of fused-ring (bicyclic) bond motifs is 1. The largest absolute Gasteiger partial charge is 0.368 e. The Morgan fingerprint density at radius 1 is 0.967 bits per heavy atom. The summed E-state index contributed by atoms with van der Waals surface area (Å²) in [6.45, 7) is 2.53. The summed E-state index contributed by atoms with van der Waals surface area (Å²) in [5.74, 6) is -0.590. The average molecular weight is 414 g/mol. The van der Waals surface area contributed by atoms with Gasteiger partial charge in [0, 0.05) is 57.0 Å². The van der Waals surface area contributed by atoms with Crippen molar-refractivity contribution in [3.63, 3.8) is 0 Å². The summed E-state index contributed by atoms with van der Waals surface area (Å²) in [5, 5.41) is 10.8. The van der Waals surface area contributed by atoms with Gasteiger partial charge in [-0.2, -0.15) is 0 Å². The van der Waals surface area contributed by atoms with Crippen LogP contribution in [0.3, 0.4) is 0 Å². The van der Waals surface area contributed by atoms with Gasteiger partial charge in [-0.15, -0.1) is 0 Å². The van der Waals surface area contributed by atoms with Crippen LogP contribution in [0.1, 0.15) is 32.1 Å². The van der Waals surface area contributed by atoms with E-state index in [1.807, 2.05) is 0 Å². The van der Waals surface area contributed by atoms with Gasteiger partial charge in [-0.05, 0) is 25.0 Å². The number of amides is 3. The number of imide groups is 1. The van der Waals surface area contributed by atoms with Crippen molar-refractivity contribution in [2.75, 3.05) is 37.6 Å². The van der Waals surface area contributed by atoms with Gasteiger partial charge >= 0.3 is 0 Å². The highest BCUT2D eigenvalue weighted by Crippen LogP contribution is 2.38. The monoisotopic (exact) mass is 414 g/mol. The first-order chi connectivity index (χ1) is 14.5. The summed E-state index contributed by atoms with van der Waals surface area (Å²) < 4.78 is 0. The van der Waals surface area contributed by atoms with Crippen molar-refractivity contribution in [1.29, 1.82) is 0 Å². The standard InChI is InChI=1S/C21H26N4O5/c26-19(9-10-24-20(27)17-3-1-2-4-18(17)21(24)28)23-13-11-22(12-14-23)15-5-7-16(8-6-15)25(29)30/h5-8,17-18H,1-4,9-14H2/t17-,18-/m1/s1. The first-order valence-corrected chi connectivity index (χ1v) is 10.6. The third-order valence-electron chi connectivity index (χ3n) is 6.54. The molecule has 0 bridgehead atoms. The lowest BCUT2D eigenvalue weighted by atomic mass is 9.81. The summed E-state index contributed by atoms with van der Waals surface area (Å²) in [4.78, 5) is 53.2. The Labute approximate surface area is 174 Å². The predicted octanol–water partition coefficient (Wildman–Crippen LogP) is 1.81. The molecule has 1 aliphatic carbocycles. The molecule has 3 fully saturated rings. The molecule has 2 saturated heterocycles. The van der Waals surface area contributed by atoms with E-state index in [9.17, 15) is 24.5 Å². The van der Waals surface area contributed by atoms with Crippen LogP contribution in [-0.2, 0) is 14.4 Å². The van der Waals surface area contributed by atoms with E-state index in [-0.39, 0.29) is 48.2 Å². The Hall–Kier alpha value is -2.97. The zero-order valence-electron chi connectivity index (χ0n) is 16.9. The number of nitro groups is 1. The number of benzene rings is 1. The molecular formula is C21H26N4O5. The maximum Gasteiger partial charge on any atom is 0.269 e. The lowest BCUT2D eigenvalue weighted by Crippen LogP contribution is -2.49. The van der Waals surface area contributed by atoms with Crippen LogP contribution in [0.25, 0.3) is 0 Å². The Kier molecular flexibility index (Phi) is 5.69. The van der Waals surface area contributed by atoms with Crippen molar-refractivity contribution in [3.05, 3.63) is 34.4 Å². The number of hydrogen-bond donors (Lipinski definition) is 0. The van der Waals surface area contributed by atoms with Gasteiger partial charge in [0.25, 0.3) is 5.69 Å². The summed E-state index contributed by atoms with van der Waals surface area (Å²) >= 11 is 0. The minimum atomic E-state index is -0.425. The van der Waals surface area contributed by atoms with Gasteiger partial charge in [-0.25, -0.2) is 0 Å². The molecule has 0 radical (unpaired) electrons. The molecule has 9 nitrogen and oxygen atoms in total. The summed E-state index contributed by atoms with van der Waals surface area (Å²) in [6.07, 6.45) is 3.71. The van der Waals surface area contributed by atoms with Crippen LogP contribution in [0.2, 0.25) is 0 Å². The van der Waals surface area contributed by atoms with Gasteiger partial charge in [0.1, 0.15) is 0 Å². The number of likely N-dealkylation sites (tertiary alicyclic amines) is 1. The molecular weight excluding hydrogens is 388 g/mol. The zero-order valence-corrected chi connectivity index (χ0v) is 16.9. The number of carbonyl (C=O) groups is 3. The Balaban J connectivity index is 1.27. The molecule has 0 N–H and O–H groups in total. The van der Waals surface area contributed by atoms with Crippen molar-refractivity contribution in [2.24, 2.45) is 11.8 Å². The van der Waals surface area contributed by atoms with Gasteiger partial charge in [0.15, 0.2) is 0 Å². The lowest BCUT2D eigenvalue weighted by molar-refractivity contribution is -0.384. The maximum absolute atomic E-state index is 12.6. The molecule has 2 aliphatic heterocycles. The summed E-state index contributed by atoms with van der Waals surface area (Å²) in [5.41, 5.74) is 0.946. The second-order valence-corrected chi connectivity index (χ2v) is 8.22. The van der Waals surface area contributed by atoms with Crippen molar-refractivity contribution < 1.29 is 19.3 Å². The van der Waals surface area contributed by atoms with E-state index in [0.29, 0.717) is 26.2 Å². The highest BCUT2D eigenvalue weighted by molar-refractivity contribution is 6.05. The number of rotatable bonds is 5. The van der Waals surface area contributed by atoms with Gasteiger partial charge < -0.3 is 9.80 Å². The van der Waals surface area contributed by atoms with Crippen LogP contribution in [0.5, 0.6) is 0 Å². The van der Waals surface area contributed by atoms with Crippen LogP contribution in [-0.4, -0.2) is 65.2 Å². The third kappa shape index (κ3) is 3.88. The average Bonchev–Trinajstić information content (AvgIpc) is 3.02. The highest BCUT2D eigenvalue weighted by Gasteiger charge is 2.47. The fourth-order valence-electron chi connectivity index (χ4n) is 4.82. The van der Waals surface area contributed by atoms with Crippen LogP contribution in [0, 0.1) is 22.0 Å². The number of carbonyl (C=O) groups excluding carboxylic acids is 3. The molecule has 1 aromatic rings. The molecule has 160 valence electrons. The molecule has 30 heavy (non-hydrogen) atoms. The topological polar surface area (TPSA) is 104 Å². The minimum Gasteiger partial charge on any atom is -0.368 e. The second-order valence-electron chi connectivity index (χ2n) is 8.22. The van der Waals surface area contributed by atoms with Crippen LogP contribution < -0.4 is 4.90 Å². The molecule has 4 rings (SSSR count). The lowest BCUT2D eigenvalue weighted by Gasteiger charge is -2.36. The molecule has 3 amide bonds. The molecule has 2 atom stereocenters. The van der Waals surface area contributed by atoms with Crippen molar-refractivity contribution in [2.45, 2.75) is 32.1 Å². The third-order valence-corrected chi connectivity index (χ3v) is 6.54. The molecule has 3 aliphatic rings. The minimum absolute atomic E-state index is 0.0474. The van der Waals surface area contributed by atoms with Gasteiger partial charge in [0.2, 0.25) is 17.7 Å². The van der Waals surface area contributed by atoms with Crippen LogP contribution in [0.15, 0.2) is 24.3 Å². The van der Waals surface area contributed by atoms with Crippen molar-refractivity contribution >= 4 is 29.1 Å². The molecule has 2 heterocycles.